The van der Waals surface area contributed by atoms with E-state index in [1.807, 2.05) is 0 Å². The predicted octanol–water partition coefficient (Wildman–Crippen LogP) is -0.0762. The van der Waals surface area contributed by atoms with Crippen molar-refractivity contribution in [2.24, 2.45) is 5.41 Å². The van der Waals surface area contributed by atoms with Crippen molar-refractivity contribution in [1.29, 1.82) is 0 Å². The normalized spacial score (nSPS) is 32.5. The Morgan fingerprint density at radius 2 is 2.12 bits per heavy atom. The van der Waals surface area contributed by atoms with Crippen molar-refractivity contribution in [2.75, 3.05) is 26.2 Å². The highest BCUT2D eigenvalue weighted by Crippen LogP contribution is 2.48. The molecule has 4 rings (SSSR count). The number of nitrogens with one attached hydrogen (secondary N) is 1. The Morgan fingerprint density at radius 3 is 2.76 bits per heavy atom. The van der Waals surface area contributed by atoms with Gasteiger partial charge in [0.2, 0.25) is 5.91 Å². The van der Waals surface area contributed by atoms with Crippen LogP contribution < -0.4 is 5.32 Å². The van der Waals surface area contributed by atoms with Gasteiger partial charge in [0, 0.05) is 25.7 Å². The van der Waals surface area contributed by atoms with Crippen molar-refractivity contribution < 1.29 is 22.6 Å². The fraction of sp³-hybridized carbons (Fsp3) is 0.867. The maximum Gasteiger partial charge on any atom is 0.346 e. The summed E-state index contributed by atoms with van der Waals surface area (Å²) in [6.07, 6.45) is 3.15. The van der Waals surface area contributed by atoms with E-state index in [-0.39, 0.29) is 18.0 Å². The van der Waals surface area contributed by atoms with Crippen LogP contribution in [0.2, 0.25) is 0 Å². The van der Waals surface area contributed by atoms with E-state index in [4.69, 9.17) is 4.55 Å². The van der Waals surface area contributed by atoms with Gasteiger partial charge < -0.3 is 15.1 Å². The number of likely N-dealkylation sites (tertiary alicyclic amines) is 1. The number of fused-ring (bicyclic) bond motifs is 2. The van der Waals surface area contributed by atoms with Crippen LogP contribution in [0.3, 0.4) is 0 Å². The van der Waals surface area contributed by atoms with Gasteiger partial charge in [-0.3, -0.25) is 9.35 Å². The molecule has 0 radical (unpaired) electrons. The molecule has 0 aromatic heterocycles. The van der Waals surface area contributed by atoms with E-state index >= 15 is 0 Å². The summed E-state index contributed by atoms with van der Waals surface area (Å²) in [5.41, 5.74) is 0.394. The van der Waals surface area contributed by atoms with Gasteiger partial charge in [-0.05, 0) is 37.6 Å². The van der Waals surface area contributed by atoms with Crippen molar-refractivity contribution in [3.8, 4) is 0 Å². The summed E-state index contributed by atoms with van der Waals surface area (Å²) in [7, 11) is 0. The van der Waals surface area contributed by atoms with Crippen molar-refractivity contribution in [3.05, 3.63) is 0 Å². The third-order valence-corrected chi connectivity index (χ3v) is 6.33. The molecule has 2 bridgehead atoms. The molecule has 3 saturated heterocycles. The molecular weight excluding hydrogens is 348 g/mol. The summed E-state index contributed by atoms with van der Waals surface area (Å²) in [5.74, 6) is -0.120. The molecule has 2 N–H and O–H groups in total. The SMILES string of the molecule is CCN1CC2(CC(NC(=O)C3CC[C@@H]4CN3C(=O)N4OS(=O)O)C2)C1. The van der Waals surface area contributed by atoms with Crippen molar-refractivity contribution in [1.82, 2.24) is 20.2 Å². The number of carbonyl (C=O) groups excluding carboxylic acids is 2. The van der Waals surface area contributed by atoms with E-state index in [0.29, 0.717) is 24.8 Å². The number of carbonyl (C=O) groups is 2. The van der Waals surface area contributed by atoms with E-state index in [2.05, 4.69) is 21.4 Å². The first kappa shape index (κ1) is 17.2. The van der Waals surface area contributed by atoms with Gasteiger partial charge in [-0.25, -0.2) is 4.79 Å². The molecule has 9 nitrogen and oxygen atoms in total. The largest absolute Gasteiger partial charge is 0.352 e. The average Bonchev–Trinajstić information content (AvgIpc) is 2.73. The number of piperidine rings is 1. The molecular formula is C15H24N4O5S. The zero-order chi connectivity index (χ0) is 17.8. The fourth-order valence-electron chi connectivity index (χ4n) is 4.84. The van der Waals surface area contributed by atoms with Crippen LogP contribution in [0.15, 0.2) is 0 Å². The molecule has 1 aliphatic carbocycles. The van der Waals surface area contributed by atoms with E-state index < -0.39 is 23.4 Å². The van der Waals surface area contributed by atoms with Crippen LogP contribution in [0.4, 0.5) is 4.79 Å². The molecule has 3 atom stereocenters. The third kappa shape index (κ3) is 2.94. The topological polar surface area (TPSA) is 102 Å². The van der Waals surface area contributed by atoms with Gasteiger partial charge in [-0.15, -0.1) is 4.28 Å². The van der Waals surface area contributed by atoms with Gasteiger partial charge in [-0.2, -0.15) is 9.27 Å². The maximum absolute atomic E-state index is 12.6. The lowest BCUT2D eigenvalue weighted by Gasteiger charge is -2.59. The van der Waals surface area contributed by atoms with Crippen LogP contribution in [0.5, 0.6) is 0 Å². The third-order valence-electron chi connectivity index (χ3n) is 6.04. The summed E-state index contributed by atoms with van der Waals surface area (Å²) < 4.78 is 24.4. The second-order valence-electron chi connectivity index (χ2n) is 7.72. The lowest BCUT2D eigenvalue weighted by molar-refractivity contribution is -0.131. The molecule has 2 unspecified atom stereocenters. The minimum absolute atomic E-state index is 0.120. The van der Waals surface area contributed by atoms with Crippen LogP contribution in [-0.2, 0) is 20.4 Å². The van der Waals surface area contributed by atoms with Crippen molar-refractivity contribution in [3.63, 3.8) is 0 Å². The van der Waals surface area contributed by atoms with Gasteiger partial charge in [0.25, 0.3) is 0 Å². The lowest BCUT2D eigenvalue weighted by atomic mass is 9.60. The molecule has 4 fully saturated rings. The summed E-state index contributed by atoms with van der Waals surface area (Å²) >= 11 is -2.54. The highest BCUT2D eigenvalue weighted by Gasteiger charge is 2.53. The summed E-state index contributed by atoms with van der Waals surface area (Å²) in [6.45, 7) is 5.84. The number of hydroxylamine groups is 2. The molecule has 0 aromatic rings. The lowest BCUT2D eigenvalue weighted by Crippen LogP contribution is -2.67. The Labute approximate surface area is 149 Å². The van der Waals surface area contributed by atoms with Crippen LogP contribution in [0.25, 0.3) is 0 Å². The first-order valence-corrected chi connectivity index (χ1v) is 9.86. The minimum atomic E-state index is -2.54. The number of amides is 3. The number of rotatable bonds is 5. The Kier molecular flexibility index (Phi) is 4.25. The molecule has 3 heterocycles. The molecule has 1 saturated carbocycles. The van der Waals surface area contributed by atoms with Crippen LogP contribution >= 0.6 is 0 Å². The van der Waals surface area contributed by atoms with Crippen molar-refractivity contribution >= 4 is 23.3 Å². The average molecular weight is 372 g/mol. The van der Waals surface area contributed by atoms with Gasteiger partial charge in [-0.1, -0.05) is 6.92 Å². The molecule has 3 amide bonds. The summed E-state index contributed by atoms with van der Waals surface area (Å²) in [5, 5.41) is 4.02. The van der Waals surface area contributed by atoms with Gasteiger partial charge in [0.05, 0.1) is 6.04 Å². The standard InChI is InChI=1S/C15H24N4O5S/c1-2-17-8-15(9-17)5-10(6-15)16-13(20)12-4-3-11-7-18(12)14(21)19(11)24-25(22)23/h10-12H,2-9H2,1H3,(H,16,20)(H,22,23)/t11-,12?/m1/s1. The zero-order valence-electron chi connectivity index (χ0n) is 14.2. The van der Waals surface area contributed by atoms with E-state index in [1.54, 1.807) is 0 Å². The first-order chi connectivity index (χ1) is 11.9. The van der Waals surface area contributed by atoms with Crippen LogP contribution in [0.1, 0.15) is 32.6 Å². The molecule has 140 valence electrons. The molecule has 4 aliphatic rings. The number of hydrogen-bond acceptors (Lipinski definition) is 5. The van der Waals surface area contributed by atoms with E-state index in [1.165, 1.54) is 4.90 Å². The first-order valence-electron chi connectivity index (χ1n) is 8.83. The highest BCUT2D eigenvalue weighted by molar-refractivity contribution is 7.74. The summed E-state index contributed by atoms with van der Waals surface area (Å²) in [6, 6.07) is -1.10. The molecule has 10 heteroatoms. The Morgan fingerprint density at radius 1 is 1.40 bits per heavy atom. The second kappa shape index (κ2) is 6.19. The Hall–Kier alpha value is -1.23. The minimum Gasteiger partial charge on any atom is -0.352 e. The van der Waals surface area contributed by atoms with E-state index in [9.17, 15) is 13.8 Å². The second-order valence-corrected chi connectivity index (χ2v) is 8.30. The van der Waals surface area contributed by atoms with Crippen molar-refractivity contribution in [2.45, 2.75) is 50.7 Å². The fourth-order valence-corrected chi connectivity index (χ4v) is 5.16. The highest BCUT2D eigenvalue weighted by atomic mass is 32.2. The van der Waals surface area contributed by atoms with Gasteiger partial charge >= 0.3 is 17.4 Å². The molecule has 0 aromatic carbocycles. The molecule has 25 heavy (non-hydrogen) atoms. The van der Waals surface area contributed by atoms with Crippen LogP contribution in [-0.4, -0.2) is 79.9 Å². The van der Waals surface area contributed by atoms with Gasteiger partial charge in [0.15, 0.2) is 0 Å². The smallest absolute Gasteiger partial charge is 0.346 e. The number of nitrogens with zero attached hydrogens (tertiary/aromatic N) is 3. The monoisotopic (exact) mass is 372 g/mol. The van der Waals surface area contributed by atoms with E-state index in [0.717, 1.165) is 37.5 Å². The quantitative estimate of drug-likeness (QED) is 0.655. The Bertz CT molecular complexity index is 603. The number of urea groups is 1. The molecule has 3 aliphatic heterocycles. The van der Waals surface area contributed by atoms with Crippen LogP contribution in [0, 0.1) is 5.41 Å². The Balaban J connectivity index is 1.30. The molecule has 1 spiro atoms. The van der Waals surface area contributed by atoms with Gasteiger partial charge in [0.1, 0.15) is 6.04 Å². The maximum atomic E-state index is 12.6. The zero-order valence-corrected chi connectivity index (χ0v) is 15.0. The summed E-state index contributed by atoms with van der Waals surface area (Å²) in [4.78, 5) is 28.8. The number of hydrogen-bond donors (Lipinski definition) is 2. The predicted molar refractivity (Wildman–Crippen MR) is 88.3 cm³/mol.